The molecular formula is C44H47F3N10O6. The van der Waals surface area contributed by atoms with Gasteiger partial charge in [-0.05, 0) is 86.6 Å². The third-order valence-electron chi connectivity index (χ3n) is 12.8. The molecule has 5 aliphatic heterocycles. The number of anilines is 4. The van der Waals surface area contributed by atoms with Crippen molar-refractivity contribution in [2.45, 2.75) is 50.7 Å². The molecule has 3 N–H and O–H groups in total. The average molecular weight is 869 g/mol. The van der Waals surface area contributed by atoms with Crippen molar-refractivity contribution in [3.05, 3.63) is 77.0 Å². The highest BCUT2D eigenvalue weighted by Crippen LogP contribution is 2.36. The number of fused-ring (bicyclic) bond motifs is 1. The molecule has 0 bridgehead atoms. The van der Waals surface area contributed by atoms with Crippen LogP contribution in [0, 0.1) is 23.2 Å². The third-order valence-corrected chi connectivity index (χ3v) is 12.8. The van der Waals surface area contributed by atoms with E-state index in [1.807, 2.05) is 11.0 Å². The minimum absolute atomic E-state index is 0.0217. The second-order valence-electron chi connectivity index (χ2n) is 16.7. The first kappa shape index (κ1) is 43.1. The van der Waals surface area contributed by atoms with Gasteiger partial charge in [-0.3, -0.25) is 43.9 Å². The van der Waals surface area contributed by atoms with Crippen molar-refractivity contribution in [2.24, 2.45) is 11.8 Å². The Hall–Kier alpha value is -6.55. The molecule has 0 aliphatic carbocycles. The number of rotatable bonds is 10. The van der Waals surface area contributed by atoms with Gasteiger partial charge in [-0.25, -0.2) is 4.98 Å². The number of piperidine rings is 3. The van der Waals surface area contributed by atoms with E-state index < -0.39 is 47.0 Å². The number of carbonyl (C=O) groups is 6. The van der Waals surface area contributed by atoms with Crippen LogP contribution in [0.3, 0.4) is 0 Å². The number of nitrogens with zero attached hydrogens (tertiary/aromatic N) is 7. The number of amides is 6. The summed E-state index contributed by atoms with van der Waals surface area (Å²) in [4.78, 5) is 90.1. The van der Waals surface area contributed by atoms with Crippen LogP contribution in [0.2, 0.25) is 0 Å². The first-order valence-corrected chi connectivity index (χ1v) is 21.2. The van der Waals surface area contributed by atoms with Gasteiger partial charge in [0.2, 0.25) is 23.6 Å². The number of nitrogens with one attached hydrogen (secondary N) is 3. The molecule has 3 aromatic rings. The molecule has 0 spiro atoms. The van der Waals surface area contributed by atoms with Crippen LogP contribution in [0.25, 0.3) is 0 Å². The minimum atomic E-state index is -4.64. The predicted octanol–water partition coefficient (Wildman–Crippen LogP) is 3.70. The maximum atomic E-state index is 13.5. The summed E-state index contributed by atoms with van der Waals surface area (Å²) in [6.45, 7) is 6.44. The third kappa shape index (κ3) is 9.45. The lowest BCUT2D eigenvalue weighted by Crippen LogP contribution is -2.54. The zero-order valence-electron chi connectivity index (χ0n) is 34.5. The molecule has 1 unspecified atom stereocenters. The zero-order valence-corrected chi connectivity index (χ0v) is 34.5. The first-order valence-electron chi connectivity index (χ1n) is 21.2. The molecule has 6 amide bonds. The summed E-state index contributed by atoms with van der Waals surface area (Å²) in [5.41, 5.74) is 0.775. The molecule has 6 heterocycles. The first-order chi connectivity index (χ1) is 30.2. The van der Waals surface area contributed by atoms with Gasteiger partial charge in [-0.15, -0.1) is 0 Å². The highest BCUT2D eigenvalue weighted by atomic mass is 19.4. The molecule has 63 heavy (non-hydrogen) atoms. The summed E-state index contributed by atoms with van der Waals surface area (Å²) in [6, 6.07) is 12.6. The Morgan fingerprint density at radius 1 is 0.810 bits per heavy atom. The van der Waals surface area contributed by atoms with Crippen molar-refractivity contribution < 1.29 is 41.9 Å². The monoisotopic (exact) mass is 868 g/mol. The molecule has 5 aliphatic rings. The van der Waals surface area contributed by atoms with Crippen LogP contribution in [0.15, 0.2) is 54.7 Å². The topological polar surface area (TPSA) is 191 Å². The number of likely N-dealkylation sites (tertiary alicyclic amines) is 1. The maximum Gasteiger partial charge on any atom is 0.417 e. The van der Waals surface area contributed by atoms with E-state index >= 15 is 0 Å². The van der Waals surface area contributed by atoms with Gasteiger partial charge in [-0.1, -0.05) is 0 Å². The molecule has 4 saturated heterocycles. The van der Waals surface area contributed by atoms with Crippen molar-refractivity contribution in [3.63, 3.8) is 0 Å². The van der Waals surface area contributed by atoms with Crippen LogP contribution in [0.5, 0.6) is 0 Å². The van der Waals surface area contributed by atoms with Gasteiger partial charge in [0.15, 0.2) is 0 Å². The number of benzene rings is 2. The van der Waals surface area contributed by atoms with Gasteiger partial charge in [0.05, 0.1) is 46.8 Å². The average Bonchev–Trinajstić information content (AvgIpc) is 3.53. The largest absolute Gasteiger partial charge is 0.417 e. The number of hydrogen-bond acceptors (Lipinski definition) is 12. The molecule has 0 saturated carbocycles. The van der Waals surface area contributed by atoms with E-state index in [9.17, 15) is 41.9 Å². The van der Waals surface area contributed by atoms with E-state index in [-0.39, 0.29) is 48.2 Å². The lowest BCUT2D eigenvalue weighted by atomic mass is 9.95. The summed E-state index contributed by atoms with van der Waals surface area (Å²) < 4.78 is 40.4. The van der Waals surface area contributed by atoms with Crippen LogP contribution in [0.1, 0.15) is 70.4 Å². The van der Waals surface area contributed by atoms with E-state index in [1.165, 1.54) is 24.3 Å². The number of imide groups is 2. The molecule has 1 aromatic heterocycles. The maximum absolute atomic E-state index is 13.5. The highest BCUT2D eigenvalue weighted by molar-refractivity contribution is 6.23. The summed E-state index contributed by atoms with van der Waals surface area (Å²) in [5.74, 6) is -1.96. The van der Waals surface area contributed by atoms with Gasteiger partial charge < -0.3 is 25.3 Å². The Bertz CT molecular complexity index is 2330. The fourth-order valence-corrected chi connectivity index (χ4v) is 9.13. The van der Waals surface area contributed by atoms with Gasteiger partial charge >= 0.3 is 6.18 Å². The fraction of sp³-hybridized carbons (Fsp3) is 0.455. The van der Waals surface area contributed by atoms with E-state index in [1.54, 1.807) is 29.3 Å². The predicted molar refractivity (Wildman–Crippen MR) is 224 cm³/mol. The molecule has 0 radical (unpaired) electrons. The quantitative estimate of drug-likeness (QED) is 0.251. The summed E-state index contributed by atoms with van der Waals surface area (Å²) in [5, 5.41) is 17.3. The minimum Gasteiger partial charge on any atom is -0.376 e. The number of carbonyl (C=O) groups excluding carboxylic acids is 6. The molecule has 1 atom stereocenters. The number of alkyl halides is 3. The van der Waals surface area contributed by atoms with E-state index in [0.717, 1.165) is 62.2 Å². The summed E-state index contributed by atoms with van der Waals surface area (Å²) >= 11 is 0. The number of pyridine rings is 1. The van der Waals surface area contributed by atoms with Crippen LogP contribution in [-0.4, -0.2) is 127 Å². The highest BCUT2D eigenvalue weighted by Gasteiger charge is 2.45. The van der Waals surface area contributed by atoms with Crippen molar-refractivity contribution in [1.82, 2.24) is 25.0 Å². The normalized spacial score (nSPS) is 20.4. The summed E-state index contributed by atoms with van der Waals surface area (Å²) in [7, 11) is 0. The molecule has 2 aromatic carbocycles. The SMILES string of the molecule is N#Cc1ccc(N2CCC(C(=O)Nc3ccc(N4CCN(CC5CCN(C(=O)CNc6ccc7c(c6)C(=O)N(C6CCC(=O)NC6=O)C7=O)CC5)CC4)cn3)CC2)cc1C(F)(F)F. The molecule has 8 rings (SSSR count). The van der Waals surface area contributed by atoms with Crippen molar-refractivity contribution in [1.29, 1.82) is 5.26 Å². The van der Waals surface area contributed by atoms with Crippen molar-refractivity contribution in [2.75, 3.05) is 85.9 Å². The Labute approximate surface area is 361 Å². The Morgan fingerprint density at radius 2 is 1.51 bits per heavy atom. The van der Waals surface area contributed by atoms with Crippen LogP contribution >= 0.6 is 0 Å². The lowest BCUT2D eigenvalue weighted by Gasteiger charge is -2.39. The Kier molecular flexibility index (Phi) is 12.3. The second kappa shape index (κ2) is 18.0. The van der Waals surface area contributed by atoms with Gasteiger partial charge in [-0.2, -0.15) is 18.4 Å². The zero-order chi connectivity index (χ0) is 44.4. The van der Waals surface area contributed by atoms with E-state index in [4.69, 9.17) is 5.26 Å². The number of aromatic nitrogens is 1. The van der Waals surface area contributed by atoms with E-state index in [0.29, 0.717) is 62.1 Å². The van der Waals surface area contributed by atoms with E-state index in [2.05, 4.69) is 30.7 Å². The second-order valence-corrected chi connectivity index (χ2v) is 16.7. The number of piperazine rings is 1. The molecule has 330 valence electrons. The lowest BCUT2D eigenvalue weighted by molar-refractivity contribution is -0.138. The van der Waals surface area contributed by atoms with Crippen molar-refractivity contribution in [3.8, 4) is 6.07 Å². The molecule has 19 heteroatoms. The molecule has 4 fully saturated rings. The van der Waals surface area contributed by atoms with Crippen LogP contribution < -0.4 is 25.8 Å². The number of halogens is 3. The number of nitriles is 1. The van der Waals surface area contributed by atoms with Crippen molar-refractivity contribution >= 4 is 58.3 Å². The molecular weight excluding hydrogens is 822 g/mol. The van der Waals surface area contributed by atoms with Crippen LogP contribution in [-0.2, 0) is 25.4 Å². The van der Waals surface area contributed by atoms with Crippen LogP contribution in [0.4, 0.5) is 36.1 Å². The summed E-state index contributed by atoms with van der Waals surface area (Å²) in [6.07, 6.45) is -0.0723. The van der Waals surface area contributed by atoms with Gasteiger partial charge in [0, 0.05) is 82.6 Å². The number of hydrogen-bond donors (Lipinski definition) is 3. The Morgan fingerprint density at radius 3 is 2.17 bits per heavy atom. The van der Waals surface area contributed by atoms with Gasteiger partial charge in [0.1, 0.15) is 11.9 Å². The smallest absolute Gasteiger partial charge is 0.376 e. The molecule has 16 nitrogen and oxygen atoms in total. The Balaban J connectivity index is 0.729. The fourth-order valence-electron chi connectivity index (χ4n) is 9.13. The van der Waals surface area contributed by atoms with Gasteiger partial charge in [0.25, 0.3) is 11.8 Å². The standard InChI is InChI=1S/C44H47F3N10O6/c45-44(46,47)35-22-31(3-1-29(35)23-48)54-15-11-28(12-16-54)40(60)51-37-7-4-32(24-50-37)55-19-17-53(18-20-55)26-27-9-13-56(14-10-27)39(59)25-49-30-2-5-33-34(21-30)43(63)57(42(33)62)36-6-8-38(58)52-41(36)61/h1-5,7,21-22,24,27-28,36,49H,6,8-20,25-26H2,(H,50,51,60)(H,52,58,61).